The van der Waals surface area contributed by atoms with Crippen molar-refractivity contribution in [2.24, 2.45) is 5.92 Å². The van der Waals surface area contributed by atoms with Crippen molar-refractivity contribution in [3.63, 3.8) is 0 Å². The summed E-state index contributed by atoms with van der Waals surface area (Å²) in [4.78, 5) is 23.1. The molecular weight excluding hydrogens is 354 g/mol. The molecule has 0 bridgehead atoms. The van der Waals surface area contributed by atoms with Gasteiger partial charge >= 0.3 is 0 Å². The van der Waals surface area contributed by atoms with E-state index in [2.05, 4.69) is 10.9 Å². The van der Waals surface area contributed by atoms with Gasteiger partial charge in [-0.1, -0.05) is 11.6 Å². The highest BCUT2D eigenvalue weighted by atomic mass is 127. The molecular formula is C11H10ClIN2O2. The van der Waals surface area contributed by atoms with Crippen LogP contribution in [0.5, 0.6) is 0 Å². The van der Waals surface area contributed by atoms with Crippen LogP contribution in [0.3, 0.4) is 0 Å². The van der Waals surface area contributed by atoms with E-state index in [1.807, 2.05) is 22.6 Å². The van der Waals surface area contributed by atoms with Crippen molar-refractivity contribution in [2.45, 2.75) is 12.8 Å². The van der Waals surface area contributed by atoms with Gasteiger partial charge in [0.1, 0.15) is 0 Å². The van der Waals surface area contributed by atoms with Crippen LogP contribution in [0, 0.1) is 9.49 Å². The van der Waals surface area contributed by atoms with Crippen LogP contribution in [0.15, 0.2) is 18.2 Å². The molecule has 2 amide bonds. The standard InChI is InChI=1S/C11H10ClIN2O2/c12-7-3-4-8(9(13)5-7)11(17)15-14-10(16)6-1-2-6/h3-6H,1-2H2,(H,14,16)(H,15,17). The van der Waals surface area contributed by atoms with Gasteiger partial charge in [-0.3, -0.25) is 20.4 Å². The van der Waals surface area contributed by atoms with E-state index in [0.29, 0.717) is 10.6 Å². The van der Waals surface area contributed by atoms with Crippen LogP contribution < -0.4 is 10.9 Å². The molecule has 90 valence electrons. The molecule has 1 saturated carbocycles. The molecule has 0 aromatic heterocycles. The molecule has 0 radical (unpaired) electrons. The van der Waals surface area contributed by atoms with Crippen molar-refractivity contribution in [3.8, 4) is 0 Å². The van der Waals surface area contributed by atoms with Crippen molar-refractivity contribution < 1.29 is 9.59 Å². The second-order valence-corrected chi connectivity index (χ2v) is 5.44. The molecule has 6 heteroatoms. The highest BCUT2D eigenvalue weighted by Crippen LogP contribution is 2.28. The van der Waals surface area contributed by atoms with E-state index in [1.165, 1.54) is 0 Å². The van der Waals surface area contributed by atoms with Gasteiger partial charge in [0.15, 0.2) is 0 Å². The number of hydrogen-bond acceptors (Lipinski definition) is 2. The van der Waals surface area contributed by atoms with Crippen molar-refractivity contribution in [1.29, 1.82) is 0 Å². The monoisotopic (exact) mass is 364 g/mol. The summed E-state index contributed by atoms with van der Waals surface area (Å²) >= 11 is 7.82. The number of carbonyl (C=O) groups is 2. The lowest BCUT2D eigenvalue weighted by atomic mass is 10.2. The van der Waals surface area contributed by atoms with Crippen molar-refractivity contribution in [2.75, 3.05) is 0 Å². The zero-order valence-electron chi connectivity index (χ0n) is 8.80. The van der Waals surface area contributed by atoms with E-state index in [4.69, 9.17) is 11.6 Å². The van der Waals surface area contributed by atoms with E-state index in [9.17, 15) is 9.59 Å². The summed E-state index contributed by atoms with van der Waals surface area (Å²) in [6.07, 6.45) is 1.81. The maximum atomic E-state index is 11.8. The molecule has 0 aliphatic heterocycles. The number of benzene rings is 1. The van der Waals surface area contributed by atoms with E-state index in [-0.39, 0.29) is 17.7 Å². The van der Waals surface area contributed by atoms with Gasteiger partial charge in [-0.2, -0.15) is 0 Å². The Balaban J connectivity index is 1.96. The zero-order chi connectivity index (χ0) is 12.4. The molecule has 2 N–H and O–H groups in total. The number of hydrazine groups is 1. The van der Waals surface area contributed by atoms with Gasteiger partial charge in [0.2, 0.25) is 5.91 Å². The number of amides is 2. The van der Waals surface area contributed by atoms with E-state index in [0.717, 1.165) is 16.4 Å². The van der Waals surface area contributed by atoms with Gasteiger partial charge < -0.3 is 0 Å². The van der Waals surface area contributed by atoms with E-state index < -0.39 is 0 Å². The van der Waals surface area contributed by atoms with Crippen LogP contribution in [-0.4, -0.2) is 11.8 Å². The van der Waals surface area contributed by atoms with Crippen LogP contribution in [0.1, 0.15) is 23.2 Å². The quantitative estimate of drug-likeness (QED) is 0.624. The van der Waals surface area contributed by atoms with Crippen molar-refractivity contribution >= 4 is 46.0 Å². The molecule has 1 fully saturated rings. The average Bonchev–Trinajstić information content (AvgIpc) is 3.09. The van der Waals surface area contributed by atoms with E-state index in [1.54, 1.807) is 18.2 Å². The Bertz CT molecular complexity index is 475. The van der Waals surface area contributed by atoms with Crippen LogP contribution in [0.25, 0.3) is 0 Å². The lowest BCUT2D eigenvalue weighted by Gasteiger charge is -2.08. The van der Waals surface area contributed by atoms with Gasteiger partial charge in [0.25, 0.3) is 5.91 Å². The summed E-state index contributed by atoms with van der Waals surface area (Å²) in [6.45, 7) is 0. The number of halogens is 2. The second kappa shape index (κ2) is 5.22. The molecule has 0 saturated heterocycles. The number of rotatable bonds is 2. The summed E-state index contributed by atoms with van der Waals surface area (Å²) < 4.78 is 0.744. The Morgan fingerprint density at radius 2 is 2.00 bits per heavy atom. The van der Waals surface area contributed by atoms with Crippen molar-refractivity contribution in [3.05, 3.63) is 32.4 Å². The minimum atomic E-state index is -0.333. The molecule has 0 unspecified atom stereocenters. The van der Waals surface area contributed by atoms with Gasteiger partial charge in [-0.15, -0.1) is 0 Å². The lowest BCUT2D eigenvalue weighted by molar-refractivity contribution is -0.123. The third-order valence-electron chi connectivity index (χ3n) is 2.42. The van der Waals surface area contributed by atoms with E-state index >= 15 is 0 Å². The molecule has 0 spiro atoms. The molecule has 1 aromatic carbocycles. The normalized spacial score (nSPS) is 14.2. The fourth-order valence-corrected chi connectivity index (χ4v) is 2.42. The second-order valence-electron chi connectivity index (χ2n) is 3.84. The third kappa shape index (κ3) is 3.32. The minimum Gasteiger partial charge on any atom is -0.273 e. The molecule has 1 aliphatic carbocycles. The first-order valence-electron chi connectivity index (χ1n) is 5.13. The predicted molar refractivity (Wildman–Crippen MR) is 72.5 cm³/mol. The molecule has 4 nitrogen and oxygen atoms in total. The van der Waals surface area contributed by atoms with Gasteiger partial charge in [-0.05, 0) is 53.6 Å². The van der Waals surface area contributed by atoms with Crippen LogP contribution in [-0.2, 0) is 4.79 Å². The largest absolute Gasteiger partial charge is 0.273 e. The average molecular weight is 365 g/mol. The summed E-state index contributed by atoms with van der Waals surface area (Å²) in [7, 11) is 0. The highest BCUT2D eigenvalue weighted by Gasteiger charge is 2.29. The SMILES string of the molecule is O=C(NNC(=O)C1CC1)c1ccc(Cl)cc1I. The first-order chi connectivity index (χ1) is 8.08. The number of nitrogens with one attached hydrogen (secondary N) is 2. The molecule has 1 aliphatic rings. The zero-order valence-corrected chi connectivity index (χ0v) is 11.7. The van der Waals surface area contributed by atoms with Crippen LogP contribution >= 0.6 is 34.2 Å². The summed E-state index contributed by atoms with van der Waals surface area (Å²) in [5.74, 6) is -0.387. The summed E-state index contributed by atoms with van der Waals surface area (Å²) in [5.41, 5.74) is 5.30. The fraction of sp³-hybridized carbons (Fsp3) is 0.273. The van der Waals surface area contributed by atoms with Crippen LogP contribution in [0.2, 0.25) is 5.02 Å². The third-order valence-corrected chi connectivity index (χ3v) is 3.55. The maximum absolute atomic E-state index is 11.8. The molecule has 2 rings (SSSR count). The Hall–Kier alpha value is -0.820. The van der Waals surface area contributed by atoms with Gasteiger partial charge in [-0.25, -0.2) is 0 Å². The number of hydrogen-bond donors (Lipinski definition) is 2. The summed E-state index contributed by atoms with van der Waals surface area (Å²) in [6, 6.07) is 4.96. The van der Waals surface area contributed by atoms with Gasteiger partial charge in [0.05, 0.1) is 5.56 Å². The minimum absolute atomic E-state index is 0.0691. The first kappa shape index (κ1) is 12.6. The smallest absolute Gasteiger partial charge is 0.270 e. The highest BCUT2D eigenvalue weighted by molar-refractivity contribution is 14.1. The number of carbonyl (C=O) groups excluding carboxylic acids is 2. The topological polar surface area (TPSA) is 58.2 Å². The molecule has 0 heterocycles. The predicted octanol–water partition coefficient (Wildman–Crippen LogP) is 2.12. The Morgan fingerprint density at radius 1 is 1.29 bits per heavy atom. The fourth-order valence-electron chi connectivity index (χ4n) is 1.31. The molecule has 17 heavy (non-hydrogen) atoms. The Morgan fingerprint density at radius 3 is 2.59 bits per heavy atom. The molecule has 0 atom stereocenters. The lowest BCUT2D eigenvalue weighted by Crippen LogP contribution is -2.42. The Labute approximate surface area is 117 Å². The summed E-state index contributed by atoms with van der Waals surface area (Å²) in [5, 5.41) is 0.577. The molecule has 1 aromatic rings. The van der Waals surface area contributed by atoms with Crippen molar-refractivity contribution in [1.82, 2.24) is 10.9 Å². The maximum Gasteiger partial charge on any atom is 0.270 e. The van der Waals surface area contributed by atoms with Crippen LogP contribution in [0.4, 0.5) is 0 Å². The van der Waals surface area contributed by atoms with Gasteiger partial charge in [0, 0.05) is 14.5 Å². The first-order valence-corrected chi connectivity index (χ1v) is 6.59. The Kier molecular flexibility index (Phi) is 3.88.